The van der Waals surface area contributed by atoms with Crippen molar-refractivity contribution in [3.05, 3.63) is 94.3 Å². The van der Waals surface area contributed by atoms with Crippen molar-refractivity contribution < 1.29 is 18.7 Å². The average molecular weight is 509 g/mol. The number of halogens is 2. The highest BCUT2D eigenvalue weighted by molar-refractivity contribution is 6.30. The van der Waals surface area contributed by atoms with E-state index in [9.17, 15) is 14.0 Å². The van der Waals surface area contributed by atoms with Crippen LogP contribution in [0.25, 0.3) is 0 Å². The lowest BCUT2D eigenvalue weighted by atomic mass is 9.87. The largest absolute Gasteiger partial charge is 0.481 e. The van der Waals surface area contributed by atoms with Gasteiger partial charge in [-0.2, -0.15) is 0 Å². The van der Waals surface area contributed by atoms with E-state index in [1.807, 2.05) is 43.0 Å². The molecule has 3 aromatic carbocycles. The van der Waals surface area contributed by atoms with Crippen molar-refractivity contribution in [1.29, 1.82) is 0 Å². The summed E-state index contributed by atoms with van der Waals surface area (Å²) >= 11 is 6.01. The Bertz CT molecular complexity index is 1260. The molecule has 0 fully saturated rings. The molecule has 0 bridgehead atoms. The van der Waals surface area contributed by atoms with E-state index in [4.69, 9.17) is 16.3 Å². The molecule has 1 aliphatic rings. The van der Waals surface area contributed by atoms with E-state index in [1.54, 1.807) is 37.3 Å². The van der Waals surface area contributed by atoms with Crippen LogP contribution < -0.4 is 10.1 Å². The summed E-state index contributed by atoms with van der Waals surface area (Å²) in [5.74, 6) is 0.0770. The maximum atomic E-state index is 14.2. The number of anilines is 1. The zero-order chi connectivity index (χ0) is 25.8. The fraction of sp³-hybridized carbons (Fsp3) is 0.310. The number of hydrogen-bond acceptors (Lipinski definition) is 3. The molecule has 36 heavy (non-hydrogen) atoms. The highest BCUT2D eigenvalue weighted by atomic mass is 35.5. The van der Waals surface area contributed by atoms with Gasteiger partial charge in [0, 0.05) is 23.7 Å². The van der Waals surface area contributed by atoms with Gasteiger partial charge in [0.15, 0.2) is 6.10 Å². The molecular formula is C29H30ClFN2O3. The Labute approximate surface area is 216 Å². The first-order chi connectivity index (χ1) is 17.2. The van der Waals surface area contributed by atoms with E-state index < -0.39 is 12.1 Å². The minimum atomic E-state index is -0.781. The fourth-order valence-electron chi connectivity index (χ4n) is 4.51. The Balaban J connectivity index is 1.61. The third kappa shape index (κ3) is 6.05. The minimum Gasteiger partial charge on any atom is -0.481 e. The van der Waals surface area contributed by atoms with E-state index in [2.05, 4.69) is 5.32 Å². The molecule has 4 rings (SSSR count). The first-order valence-corrected chi connectivity index (χ1v) is 12.5. The van der Waals surface area contributed by atoms with E-state index in [0.29, 0.717) is 41.4 Å². The van der Waals surface area contributed by atoms with Gasteiger partial charge in [-0.25, -0.2) is 4.39 Å². The molecule has 0 unspecified atom stereocenters. The highest BCUT2D eigenvalue weighted by Gasteiger charge is 2.33. The number of ether oxygens (including phenoxy) is 1. The zero-order valence-corrected chi connectivity index (χ0v) is 21.4. The van der Waals surface area contributed by atoms with E-state index in [0.717, 1.165) is 11.1 Å². The molecule has 2 amide bonds. The molecule has 3 aromatic rings. The summed E-state index contributed by atoms with van der Waals surface area (Å²) in [4.78, 5) is 27.7. The topological polar surface area (TPSA) is 58.6 Å². The van der Waals surface area contributed by atoms with Gasteiger partial charge in [-0.15, -0.1) is 0 Å². The molecule has 0 saturated heterocycles. The second-order valence-electron chi connectivity index (χ2n) is 9.51. The van der Waals surface area contributed by atoms with Crippen molar-refractivity contribution in [3.8, 4) is 5.75 Å². The Morgan fingerprint density at radius 3 is 2.58 bits per heavy atom. The van der Waals surface area contributed by atoms with Gasteiger partial charge >= 0.3 is 0 Å². The lowest BCUT2D eigenvalue weighted by molar-refractivity contribution is -0.134. The van der Waals surface area contributed by atoms with Crippen molar-refractivity contribution in [2.45, 2.75) is 45.8 Å². The number of carbonyl (C=O) groups excluding carboxylic acids is 2. The summed E-state index contributed by atoms with van der Waals surface area (Å²) in [7, 11) is 0. The predicted molar refractivity (Wildman–Crippen MR) is 140 cm³/mol. The molecule has 2 atom stereocenters. The number of nitrogens with one attached hydrogen (secondary N) is 1. The third-order valence-electron chi connectivity index (χ3n) is 6.19. The van der Waals surface area contributed by atoms with Gasteiger partial charge in [-0.1, -0.05) is 49.7 Å². The Morgan fingerprint density at radius 2 is 1.86 bits per heavy atom. The van der Waals surface area contributed by atoms with Crippen molar-refractivity contribution >= 4 is 29.1 Å². The van der Waals surface area contributed by atoms with Gasteiger partial charge in [-0.05, 0) is 78.4 Å². The average Bonchev–Trinajstić information content (AvgIpc) is 2.82. The van der Waals surface area contributed by atoms with Gasteiger partial charge in [0.25, 0.3) is 5.91 Å². The molecule has 1 aliphatic heterocycles. The normalized spacial score (nSPS) is 15.8. The van der Waals surface area contributed by atoms with Crippen LogP contribution in [0.4, 0.5) is 10.1 Å². The van der Waals surface area contributed by atoms with Crippen LogP contribution in [0.1, 0.15) is 49.9 Å². The first-order valence-electron chi connectivity index (χ1n) is 12.1. The Morgan fingerprint density at radius 1 is 1.08 bits per heavy atom. The standard InChI is InChI=1S/C29H30ClFN2O3/c1-18(2)14-27(34)33-13-12-20-10-11-25(17-26(20)28(33)21-6-4-8-23(31)15-21)36-19(3)29(35)32-24-9-5-7-22(30)16-24/h4-11,15-19,28H,12-14H2,1-3H3,(H,32,35)/t19-,28+/m1/s1. The summed E-state index contributed by atoms with van der Waals surface area (Å²) in [5.41, 5.74) is 3.24. The first kappa shape index (κ1) is 25.7. The summed E-state index contributed by atoms with van der Waals surface area (Å²) in [6.45, 7) is 6.24. The highest BCUT2D eigenvalue weighted by Crippen LogP contribution is 2.38. The monoisotopic (exact) mass is 508 g/mol. The molecule has 188 valence electrons. The van der Waals surface area contributed by atoms with Gasteiger partial charge in [-0.3, -0.25) is 9.59 Å². The van der Waals surface area contributed by atoms with Crippen LogP contribution in [0.5, 0.6) is 5.75 Å². The molecule has 5 nitrogen and oxygen atoms in total. The van der Waals surface area contributed by atoms with E-state index in [-0.39, 0.29) is 23.5 Å². The van der Waals surface area contributed by atoms with Gasteiger partial charge < -0.3 is 15.0 Å². The molecule has 0 aliphatic carbocycles. The van der Waals surface area contributed by atoms with E-state index >= 15 is 0 Å². The number of amides is 2. The molecule has 0 spiro atoms. The summed E-state index contributed by atoms with van der Waals surface area (Å²) in [6, 6.07) is 18.5. The van der Waals surface area contributed by atoms with Crippen LogP contribution in [-0.4, -0.2) is 29.4 Å². The van der Waals surface area contributed by atoms with Gasteiger partial charge in [0.1, 0.15) is 11.6 Å². The molecule has 0 radical (unpaired) electrons. The lowest BCUT2D eigenvalue weighted by Gasteiger charge is -2.38. The number of benzene rings is 3. The SMILES string of the molecule is CC(C)CC(=O)N1CCc2ccc(O[C@H](C)C(=O)Nc3cccc(Cl)c3)cc2[C@@H]1c1cccc(F)c1. The summed E-state index contributed by atoms with van der Waals surface area (Å²) in [6.07, 6.45) is 0.325. The maximum Gasteiger partial charge on any atom is 0.265 e. The zero-order valence-electron chi connectivity index (χ0n) is 20.6. The summed E-state index contributed by atoms with van der Waals surface area (Å²) in [5, 5.41) is 3.33. The number of nitrogens with zero attached hydrogens (tertiary/aromatic N) is 1. The second kappa shape index (κ2) is 11.1. The fourth-order valence-corrected chi connectivity index (χ4v) is 4.70. The Kier molecular flexibility index (Phi) is 7.94. The number of carbonyl (C=O) groups is 2. The van der Waals surface area contributed by atoms with Crippen molar-refractivity contribution in [2.24, 2.45) is 5.92 Å². The quantitative estimate of drug-likeness (QED) is 0.401. The van der Waals surface area contributed by atoms with Gasteiger partial charge in [0.2, 0.25) is 5.91 Å². The second-order valence-corrected chi connectivity index (χ2v) is 9.95. The number of fused-ring (bicyclic) bond motifs is 1. The Hall–Kier alpha value is -3.38. The van der Waals surface area contributed by atoms with Crippen LogP contribution in [0.3, 0.4) is 0 Å². The molecule has 1 N–H and O–H groups in total. The smallest absolute Gasteiger partial charge is 0.265 e. The summed E-state index contributed by atoms with van der Waals surface area (Å²) < 4.78 is 20.2. The minimum absolute atomic E-state index is 0.0329. The molecule has 0 aromatic heterocycles. The van der Waals surface area contributed by atoms with Crippen molar-refractivity contribution in [2.75, 3.05) is 11.9 Å². The van der Waals surface area contributed by atoms with Crippen LogP contribution in [0, 0.1) is 11.7 Å². The maximum absolute atomic E-state index is 14.2. The predicted octanol–water partition coefficient (Wildman–Crippen LogP) is 6.41. The molecule has 1 heterocycles. The van der Waals surface area contributed by atoms with Crippen LogP contribution in [0.15, 0.2) is 66.7 Å². The molecule has 7 heteroatoms. The lowest BCUT2D eigenvalue weighted by Crippen LogP contribution is -2.41. The number of rotatable bonds is 7. The molecule has 0 saturated carbocycles. The molecular weight excluding hydrogens is 479 g/mol. The van der Waals surface area contributed by atoms with Crippen LogP contribution in [0.2, 0.25) is 5.02 Å². The van der Waals surface area contributed by atoms with E-state index in [1.165, 1.54) is 12.1 Å². The third-order valence-corrected chi connectivity index (χ3v) is 6.42. The number of hydrogen-bond donors (Lipinski definition) is 1. The van der Waals surface area contributed by atoms with Gasteiger partial charge in [0.05, 0.1) is 6.04 Å². The van der Waals surface area contributed by atoms with Crippen LogP contribution >= 0.6 is 11.6 Å². The van der Waals surface area contributed by atoms with Crippen molar-refractivity contribution in [1.82, 2.24) is 4.90 Å². The van der Waals surface area contributed by atoms with Crippen LogP contribution in [-0.2, 0) is 16.0 Å². The van der Waals surface area contributed by atoms with Crippen molar-refractivity contribution in [3.63, 3.8) is 0 Å².